The summed E-state index contributed by atoms with van der Waals surface area (Å²) >= 11 is 0. The Labute approximate surface area is 194 Å². The van der Waals surface area contributed by atoms with Crippen LogP contribution in [0.1, 0.15) is 44.2 Å². The number of carbonyl (C=O) groups excluding carboxylic acids is 1. The van der Waals surface area contributed by atoms with Crippen molar-refractivity contribution in [3.8, 4) is 17.1 Å². The van der Waals surface area contributed by atoms with E-state index in [-0.39, 0.29) is 24.2 Å². The summed E-state index contributed by atoms with van der Waals surface area (Å²) in [5, 5.41) is 3.14. The molecule has 1 fully saturated rings. The molecule has 1 aromatic carbocycles. The predicted molar refractivity (Wildman–Crippen MR) is 128 cm³/mol. The molecule has 8 heteroatoms. The monoisotopic (exact) mass is 446 g/mol. The zero-order valence-electron chi connectivity index (χ0n) is 19.0. The van der Waals surface area contributed by atoms with E-state index in [4.69, 9.17) is 10.5 Å². The molecule has 4 rings (SSSR count). The summed E-state index contributed by atoms with van der Waals surface area (Å²) in [5.74, 6) is 0.617. The predicted octanol–water partition coefficient (Wildman–Crippen LogP) is 4.09. The van der Waals surface area contributed by atoms with Gasteiger partial charge in [-0.3, -0.25) is 4.90 Å². The van der Waals surface area contributed by atoms with E-state index in [9.17, 15) is 4.79 Å². The van der Waals surface area contributed by atoms with Crippen molar-refractivity contribution in [1.82, 2.24) is 20.3 Å². The maximum absolute atomic E-state index is 13.4. The number of hydrogen-bond acceptors (Lipinski definition) is 6. The van der Waals surface area contributed by atoms with E-state index in [1.165, 1.54) is 7.11 Å². The number of hydrogen-bond donors (Lipinski definition) is 2. The number of methoxy groups -OCH3 is 1. The van der Waals surface area contributed by atoms with Gasteiger partial charge >= 0.3 is 12.0 Å². The minimum Gasteiger partial charge on any atom is -0.467 e. The standard InChI is InChI=1S/C25H30N6O2/c1-17(18-6-4-3-5-7-18)30-25(32)31(22-11-9-21(26)10-12-22)23-13-8-19(14-27-23)20-15-28-24(33-2)29-16-20/h3-8,13-17,21-22H,9-12,26H2,1-2H3,(H,30,32)/t17-,21-,22-/m0/s1. The lowest BCUT2D eigenvalue weighted by molar-refractivity contribution is 0.237. The van der Waals surface area contributed by atoms with Crippen LogP contribution in [-0.2, 0) is 0 Å². The number of benzene rings is 1. The highest BCUT2D eigenvalue weighted by Gasteiger charge is 2.30. The molecule has 1 atom stereocenters. The number of carbonyl (C=O) groups is 1. The molecule has 0 unspecified atom stereocenters. The number of anilines is 1. The molecule has 0 saturated heterocycles. The van der Waals surface area contributed by atoms with Crippen molar-refractivity contribution in [3.63, 3.8) is 0 Å². The van der Waals surface area contributed by atoms with E-state index in [1.807, 2.05) is 49.4 Å². The largest absolute Gasteiger partial charge is 0.467 e. The Kier molecular flexibility index (Phi) is 7.14. The van der Waals surface area contributed by atoms with Crippen LogP contribution in [0.25, 0.3) is 11.1 Å². The van der Waals surface area contributed by atoms with Crippen LogP contribution in [-0.4, -0.2) is 40.2 Å². The summed E-state index contributed by atoms with van der Waals surface area (Å²) < 4.78 is 5.02. The molecule has 1 aliphatic rings. The second-order valence-corrected chi connectivity index (χ2v) is 8.38. The van der Waals surface area contributed by atoms with Crippen LogP contribution in [0.15, 0.2) is 61.1 Å². The molecular weight excluding hydrogens is 416 g/mol. The molecule has 2 aromatic heterocycles. The van der Waals surface area contributed by atoms with E-state index >= 15 is 0 Å². The third-order valence-corrected chi connectivity index (χ3v) is 6.10. The second kappa shape index (κ2) is 10.4. The molecule has 0 radical (unpaired) electrons. The number of nitrogens with one attached hydrogen (secondary N) is 1. The molecule has 8 nitrogen and oxygen atoms in total. The molecule has 0 spiro atoms. The van der Waals surface area contributed by atoms with Crippen LogP contribution in [0.2, 0.25) is 0 Å². The molecule has 33 heavy (non-hydrogen) atoms. The van der Waals surface area contributed by atoms with Gasteiger partial charge in [0, 0.05) is 41.8 Å². The molecule has 3 aromatic rings. The van der Waals surface area contributed by atoms with E-state index < -0.39 is 0 Å². The zero-order chi connectivity index (χ0) is 23.2. The second-order valence-electron chi connectivity index (χ2n) is 8.38. The van der Waals surface area contributed by atoms with Gasteiger partial charge < -0.3 is 15.8 Å². The summed E-state index contributed by atoms with van der Waals surface area (Å²) in [7, 11) is 1.53. The number of rotatable bonds is 6. The van der Waals surface area contributed by atoms with Crippen molar-refractivity contribution in [3.05, 3.63) is 66.6 Å². The third-order valence-electron chi connectivity index (χ3n) is 6.10. The van der Waals surface area contributed by atoms with E-state index in [0.29, 0.717) is 11.8 Å². The van der Waals surface area contributed by atoms with Crippen molar-refractivity contribution in [1.29, 1.82) is 0 Å². The summed E-state index contributed by atoms with van der Waals surface area (Å²) in [4.78, 5) is 28.2. The van der Waals surface area contributed by atoms with Gasteiger partial charge in [-0.05, 0) is 50.3 Å². The van der Waals surface area contributed by atoms with Crippen LogP contribution in [0, 0.1) is 0 Å². The van der Waals surface area contributed by atoms with Crippen molar-refractivity contribution in [2.45, 2.75) is 50.7 Å². The average molecular weight is 447 g/mol. The van der Waals surface area contributed by atoms with E-state index in [0.717, 1.165) is 42.4 Å². The van der Waals surface area contributed by atoms with Crippen LogP contribution in [0.4, 0.5) is 10.6 Å². The van der Waals surface area contributed by atoms with Crippen LogP contribution < -0.4 is 20.7 Å². The summed E-state index contributed by atoms with van der Waals surface area (Å²) in [6.45, 7) is 1.99. The molecule has 172 valence electrons. The molecule has 1 aliphatic carbocycles. The van der Waals surface area contributed by atoms with Gasteiger partial charge in [0.25, 0.3) is 0 Å². The van der Waals surface area contributed by atoms with Crippen molar-refractivity contribution < 1.29 is 9.53 Å². The Morgan fingerprint density at radius 3 is 2.27 bits per heavy atom. The summed E-state index contributed by atoms with van der Waals surface area (Å²) in [6.07, 6.45) is 8.62. The minimum atomic E-state index is -0.153. The summed E-state index contributed by atoms with van der Waals surface area (Å²) in [5.41, 5.74) is 8.86. The number of amides is 2. The van der Waals surface area contributed by atoms with Crippen LogP contribution in [0.3, 0.4) is 0 Å². The van der Waals surface area contributed by atoms with E-state index in [1.54, 1.807) is 23.5 Å². The smallest absolute Gasteiger partial charge is 0.323 e. The fourth-order valence-corrected chi connectivity index (χ4v) is 4.17. The van der Waals surface area contributed by atoms with Crippen molar-refractivity contribution in [2.75, 3.05) is 12.0 Å². The minimum absolute atomic E-state index is 0.0513. The van der Waals surface area contributed by atoms with Gasteiger partial charge in [0.05, 0.1) is 13.2 Å². The Hall–Kier alpha value is -3.52. The third kappa shape index (κ3) is 5.46. The Balaban J connectivity index is 1.56. The lowest BCUT2D eigenvalue weighted by Crippen LogP contribution is -2.49. The highest BCUT2D eigenvalue weighted by Crippen LogP contribution is 2.28. The van der Waals surface area contributed by atoms with Crippen LogP contribution >= 0.6 is 0 Å². The highest BCUT2D eigenvalue weighted by atomic mass is 16.5. The molecular formula is C25H30N6O2. The first-order chi connectivity index (χ1) is 16.0. The SMILES string of the molecule is COc1ncc(-c2ccc(N(C(=O)N[C@@H](C)c3ccccc3)[C@H]3CC[C@H](N)CC3)nc2)cn1. The van der Waals surface area contributed by atoms with Gasteiger partial charge in [0.1, 0.15) is 5.82 Å². The van der Waals surface area contributed by atoms with Crippen molar-refractivity contribution >= 4 is 11.8 Å². The number of urea groups is 1. The average Bonchev–Trinajstić information content (AvgIpc) is 2.86. The van der Waals surface area contributed by atoms with Gasteiger partial charge in [-0.2, -0.15) is 0 Å². The van der Waals surface area contributed by atoms with Crippen LogP contribution in [0.5, 0.6) is 6.01 Å². The lowest BCUT2D eigenvalue weighted by atomic mass is 9.91. The quantitative estimate of drug-likeness (QED) is 0.591. The zero-order valence-corrected chi connectivity index (χ0v) is 19.0. The first-order valence-electron chi connectivity index (χ1n) is 11.3. The molecule has 2 heterocycles. The van der Waals surface area contributed by atoms with Gasteiger partial charge in [-0.15, -0.1) is 0 Å². The Morgan fingerprint density at radius 1 is 1.00 bits per heavy atom. The highest BCUT2D eigenvalue weighted by molar-refractivity contribution is 5.92. The lowest BCUT2D eigenvalue weighted by Gasteiger charge is -2.36. The topological polar surface area (TPSA) is 106 Å². The maximum atomic E-state index is 13.4. The van der Waals surface area contributed by atoms with Gasteiger partial charge in [0.2, 0.25) is 0 Å². The molecule has 1 saturated carbocycles. The first kappa shape index (κ1) is 22.7. The molecule has 3 N–H and O–H groups in total. The Morgan fingerprint density at radius 2 is 1.67 bits per heavy atom. The number of nitrogens with zero attached hydrogens (tertiary/aromatic N) is 4. The normalized spacial score (nSPS) is 18.9. The number of aromatic nitrogens is 3. The maximum Gasteiger partial charge on any atom is 0.323 e. The fourth-order valence-electron chi connectivity index (χ4n) is 4.17. The molecule has 0 bridgehead atoms. The fraction of sp³-hybridized carbons (Fsp3) is 0.360. The number of nitrogens with two attached hydrogens (primary N) is 1. The van der Waals surface area contributed by atoms with Gasteiger partial charge in [-0.25, -0.2) is 19.7 Å². The van der Waals surface area contributed by atoms with Gasteiger partial charge in [0.15, 0.2) is 0 Å². The first-order valence-corrected chi connectivity index (χ1v) is 11.3. The molecule has 2 amide bonds. The van der Waals surface area contributed by atoms with Crippen molar-refractivity contribution in [2.24, 2.45) is 5.73 Å². The number of ether oxygens (including phenoxy) is 1. The summed E-state index contributed by atoms with van der Waals surface area (Å²) in [6, 6.07) is 14.0. The molecule has 0 aliphatic heterocycles. The van der Waals surface area contributed by atoms with E-state index in [2.05, 4.69) is 20.3 Å². The van der Waals surface area contributed by atoms with Gasteiger partial charge in [-0.1, -0.05) is 30.3 Å². The number of pyridine rings is 1. The Bertz CT molecular complexity index is 1030.